The first-order valence-electron chi connectivity index (χ1n) is 5.13. The first-order chi connectivity index (χ1) is 8.15. The largest absolute Gasteiger partial charge is 0.381 e. The minimum atomic E-state index is 0.395. The molecule has 0 aliphatic rings. The highest BCUT2D eigenvalue weighted by atomic mass is 79.9. The number of fused-ring (bicyclic) bond motifs is 1. The highest BCUT2D eigenvalue weighted by molar-refractivity contribution is 9.10. The van der Waals surface area contributed by atoms with E-state index in [-0.39, 0.29) is 0 Å². The van der Waals surface area contributed by atoms with E-state index in [9.17, 15) is 0 Å². The van der Waals surface area contributed by atoms with Crippen LogP contribution < -0.4 is 5.73 Å². The summed E-state index contributed by atoms with van der Waals surface area (Å²) in [6.07, 6.45) is 0. The van der Waals surface area contributed by atoms with E-state index in [4.69, 9.17) is 10.3 Å². The second-order valence-corrected chi connectivity index (χ2v) is 4.82. The van der Waals surface area contributed by atoms with Crippen molar-refractivity contribution in [2.45, 2.75) is 0 Å². The average molecular weight is 292 g/mol. The Kier molecular flexibility index (Phi) is 2.22. The normalized spacial score (nSPS) is 11.2. The van der Waals surface area contributed by atoms with Crippen LogP contribution >= 0.6 is 15.9 Å². The van der Waals surface area contributed by atoms with Gasteiger partial charge in [0.25, 0.3) is 0 Å². The molecule has 3 rings (SSSR count). The summed E-state index contributed by atoms with van der Waals surface area (Å²) in [7, 11) is 1.99. The van der Waals surface area contributed by atoms with Gasteiger partial charge in [0.15, 0.2) is 11.6 Å². The average Bonchev–Trinajstić information content (AvgIpc) is 2.84. The highest BCUT2D eigenvalue weighted by Crippen LogP contribution is 2.29. The van der Waals surface area contributed by atoms with E-state index in [1.807, 2.05) is 13.1 Å². The number of aryl methyl sites for hydroxylation is 1. The third kappa shape index (κ3) is 1.63. The van der Waals surface area contributed by atoms with E-state index in [0.29, 0.717) is 11.6 Å². The molecule has 86 valence electrons. The number of aromatic nitrogens is 2. The van der Waals surface area contributed by atoms with Crippen LogP contribution in [0.3, 0.4) is 0 Å². The van der Waals surface area contributed by atoms with Gasteiger partial charge in [0, 0.05) is 28.5 Å². The van der Waals surface area contributed by atoms with Gasteiger partial charge in [0.1, 0.15) is 0 Å². The van der Waals surface area contributed by atoms with Crippen molar-refractivity contribution in [1.29, 1.82) is 0 Å². The van der Waals surface area contributed by atoms with Crippen LogP contribution in [-0.2, 0) is 7.05 Å². The Morgan fingerprint density at radius 2 is 2.12 bits per heavy atom. The zero-order valence-electron chi connectivity index (χ0n) is 9.14. The molecule has 3 aromatic rings. The summed E-state index contributed by atoms with van der Waals surface area (Å²) in [6, 6.07) is 9.92. The summed E-state index contributed by atoms with van der Waals surface area (Å²) < 4.78 is 8.29. The fourth-order valence-corrected chi connectivity index (χ4v) is 2.30. The second kappa shape index (κ2) is 3.63. The van der Waals surface area contributed by atoms with E-state index in [1.54, 1.807) is 6.07 Å². The Morgan fingerprint density at radius 3 is 2.82 bits per heavy atom. The molecule has 5 heteroatoms. The Hall–Kier alpha value is -1.75. The summed E-state index contributed by atoms with van der Waals surface area (Å²) in [5.74, 6) is 1.07. The molecule has 0 saturated carbocycles. The van der Waals surface area contributed by atoms with Crippen LogP contribution in [0.5, 0.6) is 0 Å². The van der Waals surface area contributed by atoms with Gasteiger partial charge in [-0.2, -0.15) is 0 Å². The smallest absolute Gasteiger partial charge is 0.185 e. The van der Waals surface area contributed by atoms with Crippen molar-refractivity contribution in [2.75, 3.05) is 5.73 Å². The van der Waals surface area contributed by atoms with Crippen molar-refractivity contribution < 1.29 is 4.52 Å². The monoisotopic (exact) mass is 291 g/mol. The third-order valence-corrected chi connectivity index (χ3v) is 3.28. The van der Waals surface area contributed by atoms with Crippen molar-refractivity contribution in [3.8, 4) is 11.5 Å². The molecule has 1 aromatic carbocycles. The maximum absolute atomic E-state index is 5.56. The molecule has 0 fully saturated rings. The standard InChI is InChI=1S/C12H10BrN3O/c1-16-9-5-8(13)3-2-7(9)4-10(16)11-6-12(14)15-17-11/h2-6H,1H3,(H2,14,15). The number of anilines is 1. The lowest BCUT2D eigenvalue weighted by Gasteiger charge is -2.00. The Labute approximate surface area is 106 Å². The molecule has 0 aliphatic carbocycles. The van der Waals surface area contributed by atoms with Gasteiger partial charge in [0.05, 0.1) is 5.69 Å². The van der Waals surface area contributed by atoms with Crippen LogP contribution in [0.2, 0.25) is 0 Å². The van der Waals surface area contributed by atoms with Crippen molar-refractivity contribution in [2.24, 2.45) is 7.05 Å². The predicted octanol–water partition coefficient (Wildman–Crippen LogP) is 3.18. The van der Waals surface area contributed by atoms with Gasteiger partial charge in [-0.25, -0.2) is 0 Å². The SMILES string of the molecule is Cn1c(-c2cc(N)no2)cc2ccc(Br)cc21. The molecule has 0 amide bonds. The lowest BCUT2D eigenvalue weighted by atomic mass is 10.2. The van der Waals surface area contributed by atoms with Crippen molar-refractivity contribution in [3.05, 3.63) is 34.8 Å². The zero-order chi connectivity index (χ0) is 12.0. The molecular weight excluding hydrogens is 282 g/mol. The molecule has 2 N–H and O–H groups in total. The van der Waals surface area contributed by atoms with Crippen molar-refractivity contribution >= 4 is 32.7 Å². The molecule has 0 bridgehead atoms. The summed E-state index contributed by atoms with van der Waals surface area (Å²) >= 11 is 3.47. The number of nitrogen functional groups attached to an aromatic ring is 1. The lowest BCUT2D eigenvalue weighted by Crippen LogP contribution is -1.89. The molecule has 0 spiro atoms. The van der Waals surface area contributed by atoms with Crippen LogP contribution in [0.25, 0.3) is 22.4 Å². The fraction of sp³-hybridized carbons (Fsp3) is 0.0833. The Morgan fingerprint density at radius 1 is 1.29 bits per heavy atom. The number of hydrogen-bond donors (Lipinski definition) is 1. The molecule has 0 radical (unpaired) electrons. The van der Waals surface area contributed by atoms with Crippen molar-refractivity contribution in [3.63, 3.8) is 0 Å². The van der Waals surface area contributed by atoms with E-state index in [0.717, 1.165) is 21.1 Å². The molecular formula is C12H10BrN3O. The zero-order valence-corrected chi connectivity index (χ0v) is 10.7. The Balaban J connectivity index is 2.27. The van der Waals surface area contributed by atoms with Gasteiger partial charge in [-0.15, -0.1) is 0 Å². The molecule has 0 atom stereocenters. The third-order valence-electron chi connectivity index (χ3n) is 2.79. The summed E-state index contributed by atoms with van der Waals surface area (Å²) in [4.78, 5) is 0. The van der Waals surface area contributed by atoms with Crippen LogP contribution in [0.15, 0.2) is 39.3 Å². The molecule has 17 heavy (non-hydrogen) atoms. The first kappa shape index (κ1) is 10.4. The number of nitrogens with zero attached hydrogens (tertiary/aromatic N) is 2. The maximum atomic E-state index is 5.56. The highest BCUT2D eigenvalue weighted by Gasteiger charge is 2.12. The molecule has 2 heterocycles. The van der Waals surface area contributed by atoms with Gasteiger partial charge in [0.2, 0.25) is 0 Å². The Bertz CT molecular complexity index is 699. The molecule has 0 saturated heterocycles. The van der Waals surface area contributed by atoms with E-state index in [2.05, 4.69) is 43.9 Å². The number of benzene rings is 1. The van der Waals surface area contributed by atoms with Crippen LogP contribution in [0, 0.1) is 0 Å². The van der Waals surface area contributed by atoms with Crippen LogP contribution in [-0.4, -0.2) is 9.72 Å². The summed E-state index contributed by atoms with van der Waals surface area (Å²) in [5.41, 5.74) is 7.65. The molecule has 2 aromatic heterocycles. The van der Waals surface area contributed by atoms with Gasteiger partial charge in [-0.3, -0.25) is 0 Å². The van der Waals surface area contributed by atoms with Gasteiger partial charge in [-0.1, -0.05) is 27.2 Å². The van der Waals surface area contributed by atoms with Gasteiger partial charge >= 0.3 is 0 Å². The van der Waals surface area contributed by atoms with E-state index >= 15 is 0 Å². The summed E-state index contributed by atoms with van der Waals surface area (Å²) in [5, 5.41) is 4.86. The van der Waals surface area contributed by atoms with Gasteiger partial charge < -0.3 is 14.8 Å². The lowest BCUT2D eigenvalue weighted by molar-refractivity contribution is 0.433. The maximum Gasteiger partial charge on any atom is 0.185 e. The minimum Gasteiger partial charge on any atom is -0.381 e. The number of rotatable bonds is 1. The molecule has 0 aliphatic heterocycles. The number of hydrogen-bond acceptors (Lipinski definition) is 3. The fourth-order valence-electron chi connectivity index (χ4n) is 1.95. The first-order valence-corrected chi connectivity index (χ1v) is 5.92. The van der Waals surface area contributed by atoms with Gasteiger partial charge in [-0.05, 0) is 18.2 Å². The topological polar surface area (TPSA) is 57.0 Å². The second-order valence-electron chi connectivity index (χ2n) is 3.91. The number of halogens is 1. The van der Waals surface area contributed by atoms with Crippen LogP contribution in [0.4, 0.5) is 5.82 Å². The summed E-state index contributed by atoms with van der Waals surface area (Å²) in [6.45, 7) is 0. The quantitative estimate of drug-likeness (QED) is 0.749. The minimum absolute atomic E-state index is 0.395. The molecule has 0 unspecified atom stereocenters. The predicted molar refractivity (Wildman–Crippen MR) is 70.5 cm³/mol. The van der Waals surface area contributed by atoms with Crippen LogP contribution in [0.1, 0.15) is 0 Å². The van der Waals surface area contributed by atoms with E-state index in [1.165, 1.54) is 0 Å². The van der Waals surface area contributed by atoms with E-state index < -0.39 is 0 Å². The molecule has 4 nitrogen and oxygen atoms in total. The van der Waals surface area contributed by atoms with Crippen molar-refractivity contribution in [1.82, 2.24) is 9.72 Å². The number of nitrogens with two attached hydrogens (primary N) is 1.